The van der Waals surface area contributed by atoms with Crippen molar-refractivity contribution in [3.8, 4) is 0 Å². The Morgan fingerprint density at radius 2 is 2.03 bits per heavy atom. The maximum atomic E-state index is 13.5. The minimum absolute atomic E-state index is 0.160. The third kappa shape index (κ3) is 3.94. The fourth-order valence-corrected chi connectivity index (χ4v) is 3.21. The molecule has 4 aromatic rings. The smallest absolute Gasteiger partial charge is 0.202 e. The lowest BCUT2D eigenvalue weighted by Crippen LogP contribution is -2.07. The number of anilines is 2. The molecule has 0 aliphatic carbocycles. The number of Topliss-reactive ketones (excluding diaryl/α,β-unsaturated/α-hetero) is 1. The number of benzene rings is 1. The Bertz CT molecular complexity index is 1200. The maximum absolute atomic E-state index is 13.5. The van der Waals surface area contributed by atoms with E-state index in [4.69, 9.17) is 10.2 Å². The van der Waals surface area contributed by atoms with E-state index in [1.54, 1.807) is 31.5 Å². The van der Waals surface area contributed by atoms with Gasteiger partial charge in [0.15, 0.2) is 5.76 Å². The Balaban J connectivity index is 1.50. The molecular weight excluding hydrogens is 371 g/mol. The molecule has 6 nitrogen and oxygen atoms in total. The first-order valence-electron chi connectivity index (χ1n) is 9.11. The zero-order chi connectivity index (χ0) is 20.4. The van der Waals surface area contributed by atoms with Crippen LogP contribution in [0.25, 0.3) is 11.0 Å². The number of hydrogen-bond acceptors (Lipinski definition) is 6. The van der Waals surface area contributed by atoms with Crippen molar-refractivity contribution >= 4 is 28.3 Å². The lowest BCUT2D eigenvalue weighted by molar-refractivity contribution is 0.0967. The van der Waals surface area contributed by atoms with E-state index in [9.17, 15) is 9.18 Å². The van der Waals surface area contributed by atoms with Gasteiger partial charge in [0.2, 0.25) is 5.78 Å². The fourth-order valence-electron chi connectivity index (χ4n) is 3.21. The van der Waals surface area contributed by atoms with Crippen molar-refractivity contribution in [2.75, 3.05) is 11.1 Å². The second-order valence-electron chi connectivity index (χ2n) is 6.74. The number of nitrogen functional groups attached to an aromatic ring is 1. The SMILES string of the molecule is Cc1c(C(=O)Cc2ccnc(CNc3cccnc3N)c2)oc2ccc(F)cc12. The Hall–Kier alpha value is -3.74. The predicted molar refractivity (Wildman–Crippen MR) is 109 cm³/mol. The molecule has 0 aliphatic heterocycles. The highest BCUT2D eigenvalue weighted by Crippen LogP contribution is 2.27. The van der Waals surface area contributed by atoms with Crippen LogP contribution in [0.5, 0.6) is 0 Å². The molecule has 0 aliphatic rings. The molecule has 4 rings (SSSR count). The molecule has 0 unspecified atom stereocenters. The van der Waals surface area contributed by atoms with E-state index in [2.05, 4.69) is 15.3 Å². The van der Waals surface area contributed by atoms with Gasteiger partial charge in [-0.2, -0.15) is 0 Å². The maximum Gasteiger partial charge on any atom is 0.202 e. The molecule has 0 fully saturated rings. The molecule has 3 aromatic heterocycles. The van der Waals surface area contributed by atoms with Crippen LogP contribution in [-0.2, 0) is 13.0 Å². The summed E-state index contributed by atoms with van der Waals surface area (Å²) in [6, 6.07) is 11.5. The number of fused-ring (bicyclic) bond motifs is 1. The van der Waals surface area contributed by atoms with Crippen molar-refractivity contribution in [3.63, 3.8) is 0 Å². The number of furan rings is 1. The Labute approximate surface area is 166 Å². The summed E-state index contributed by atoms with van der Waals surface area (Å²) >= 11 is 0. The molecule has 0 amide bonds. The minimum atomic E-state index is -0.360. The molecule has 0 saturated carbocycles. The van der Waals surface area contributed by atoms with Crippen LogP contribution in [0.4, 0.5) is 15.9 Å². The number of hydrogen-bond donors (Lipinski definition) is 2. The van der Waals surface area contributed by atoms with Crippen molar-refractivity contribution < 1.29 is 13.6 Å². The monoisotopic (exact) mass is 390 g/mol. The number of aryl methyl sites for hydroxylation is 1. The van der Waals surface area contributed by atoms with Crippen LogP contribution in [0.15, 0.2) is 59.3 Å². The number of nitrogens with one attached hydrogen (secondary N) is 1. The number of halogens is 1. The molecule has 146 valence electrons. The van der Waals surface area contributed by atoms with E-state index < -0.39 is 0 Å². The third-order valence-electron chi connectivity index (χ3n) is 4.70. The standard InChI is InChI=1S/C22H19FN4O2/c1-13-17-11-15(23)4-5-20(17)29-21(13)19(28)10-14-6-8-25-16(9-14)12-27-18-3-2-7-26-22(18)24/h2-9,11,27H,10,12H2,1H3,(H2,24,26). The second-order valence-corrected chi connectivity index (χ2v) is 6.74. The van der Waals surface area contributed by atoms with Gasteiger partial charge in [0.1, 0.15) is 17.2 Å². The summed E-state index contributed by atoms with van der Waals surface area (Å²) in [5, 5.41) is 3.80. The van der Waals surface area contributed by atoms with Crippen molar-refractivity contribution in [3.05, 3.63) is 83.3 Å². The first-order chi connectivity index (χ1) is 14.0. The fraction of sp³-hybridized carbons (Fsp3) is 0.136. The molecule has 0 atom stereocenters. The molecule has 3 N–H and O–H groups in total. The lowest BCUT2D eigenvalue weighted by Gasteiger charge is -2.08. The topological polar surface area (TPSA) is 94.0 Å². The minimum Gasteiger partial charge on any atom is -0.453 e. The van der Waals surface area contributed by atoms with E-state index >= 15 is 0 Å². The summed E-state index contributed by atoms with van der Waals surface area (Å²) in [6.07, 6.45) is 3.44. The third-order valence-corrected chi connectivity index (χ3v) is 4.70. The molecule has 0 saturated heterocycles. The van der Waals surface area contributed by atoms with Gasteiger partial charge in [-0.3, -0.25) is 9.78 Å². The normalized spacial score (nSPS) is 11.0. The van der Waals surface area contributed by atoms with E-state index in [0.29, 0.717) is 28.9 Å². The first kappa shape index (κ1) is 18.6. The first-order valence-corrected chi connectivity index (χ1v) is 9.11. The largest absolute Gasteiger partial charge is 0.453 e. The summed E-state index contributed by atoms with van der Waals surface area (Å²) in [6.45, 7) is 2.21. The molecular formula is C22H19FN4O2. The highest BCUT2D eigenvalue weighted by Gasteiger charge is 2.18. The van der Waals surface area contributed by atoms with Crippen LogP contribution in [-0.4, -0.2) is 15.8 Å². The predicted octanol–water partition coefficient (Wildman–Crippen LogP) is 4.29. The van der Waals surface area contributed by atoms with Gasteiger partial charge in [-0.25, -0.2) is 9.37 Å². The summed E-state index contributed by atoms with van der Waals surface area (Å²) in [5.41, 5.74) is 9.28. The van der Waals surface area contributed by atoms with Crippen LogP contribution in [0.3, 0.4) is 0 Å². The number of rotatable bonds is 6. The number of nitrogens with zero attached hydrogens (tertiary/aromatic N) is 2. The van der Waals surface area contributed by atoms with Crippen LogP contribution in [0.1, 0.15) is 27.4 Å². The number of carbonyl (C=O) groups excluding carboxylic acids is 1. The number of pyridine rings is 2. The van der Waals surface area contributed by atoms with E-state index in [0.717, 1.165) is 16.9 Å². The van der Waals surface area contributed by atoms with Crippen molar-refractivity contribution in [2.45, 2.75) is 19.9 Å². The summed E-state index contributed by atoms with van der Waals surface area (Å²) < 4.78 is 19.2. The molecule has 3 heterocycles. The quantitative estimate of drug-likeness (QED) is 0.477. The molecule has 0 bridgehead atoms. The summed E-state index contributed by atoms with van der Waals surface area (Å²) in [5.74, 6) is 0.141. The van der Waals surface area contributed by atoms with Crippen LogP contribution < -0.4 is 11.1 Å². The summed E-state index contributed by atoms with van der Waals surface area (Å²) in [4.78, 5) is 21.1. The van der Waals surface area contributed by atoms with Crippen LogP contribution >= 0.6 is 0 Å². The van der Waals surface area contributed by atoms with Gasteiger partial charge in [-0.05, 0) is 55.0 Å². The van der Waals surface area contributed by atoms with Crippen molar-refractivity contribution in [1.29, 1.82) is 0 Å². The molecule has 0 spiro atoms. The average molecular weight is 390 g/mol. The average Bonchev–Trinajstić information content (AvgIpc) is 3.04. The number of carbonyl (C=O) groups is 1. The zero-order valence-corrected chi connectivity index (χ0v) is 15.8. The number of aromatic nitrogens is 2. The molecule has 7 heteroatoms. The Kier molecular flexibility index (Phi) is 4.95. The van der Waals surface area contributed by atoms with Crippen LogP contribution in [0.2, 0.25) is 0 Å². The number of nitrogens with two attached hydrogens (primary N) is 1. The molecule has 29 heavy (non-hydrogen) atoms. The van der Waals surface area contributed by atoms with Gasteiger partial charge in [0.25, 0.3) is 0 Å². The Morgan fingerprint density at radius 3 is 2.86 bits per heavy atom. The second kappa shape index (κ2) is 7.71. The van der Waals surface area contributed by atoms with Crippen molar-refractivity contribution in [2.24, 2.45) is 0 Å². The zero-order valence-electron chi connectivity index (χ0n) is 15.8. The Morgan fingerprint density at radius 1 is 1.17 bits per heavy atom. The summed E-state index contributed by atoms with van der Waals surface area (Å²) in [7, 11) is 0. The van der Waals surface area contributed by atoms with E-state index in [1.165, 1.54) is 18.2 Å². The van der Waals surface area contributed by atoms with Gasteiger partial charge in [-0.15, -0.1) is 0 Å². The highest BCUT2D eigenvalue weighted by atomic mass is 19.1. The van der Waals surface area contributed by atoms with Gasteiger partial charge in [-0.1, -0.05) is 0 Å². The van der Waals surface area contributed by atoms with Gasteiger partial charge in [0, 0.05) is 29.8 Å². The lowest BCUT2D eigenvalue weighted by atomic mass is 10.0. The van der Waals surface area contributed by atoms with E-state index in [-0.39, 0.29) is 23.8 Å². The van der Waals surface area contributed by atoms with Gasteiger partial charge in [0.05, 0.1) is 17.9 Å². The van der Waals surface area contributed by atoms with E-state index in [1.807, 2.05) is 12.1 Å². The van der Waals surface area contributed by atoms with Crippen molar-refractivity contribution in [1.82, 2.24) is 9.97 Å². The van der Waals surface area contributed by atoms with Gasteiger partial charge < -0.3 is 15.5 Å². The van der Waals surface area contributed by atoms with Gasteiger partial charge >= 0.3 is 0 Å². The highest BCUT2D eigenvalue weighted by molar-refractivity contribution is 6.01. The molecule has 0 radical (unpaired) electrons. The van der Waals surface area contributed by atoms with Crippen LogP contribution in [0, 0.1) is 12.7 Å². The number of ketones is 1. The molecule has 1 aromatic carbocycles.